The Kier molecular flexibility index (Phi) is 9.15. The molecule has 0 unspecified atom stereocenters. The molecule has 5 nitrogen and oxygen atoms in total. The Balaban J connectivity index is 1.86. The van der Waals surface area contributed by atoms with Crippen LogP contribution in [-0.4, -0.2) is 53.9 Å². The van der Waals surface area contributed by atoms with Crippen molar-refractivity contribution in [3.8, 4) is 0 Å². The van der Waals surface area contributed by atoms with E-state index in [1.807, 2.05) is 6.92 Å². The maximum Gasteiger partial charge on any atom is 0.305 e. The van der Waals surface area contributed by atoms with Gasteiger partial charge in [0.1, 0.15) is 18.0 Å². The second-order valence-electron chi connectivity index (χ2n) is 7.98. The molecule has 1 saturated heterocycles. The monoisotopic (exact) mass is 404 g/mol. The molecule has 2 fully saturated rings. The quantitative estimate of drug-likeness (QED) is 0.406. The summed E-state index contributed by atoms with van der Waals surface area (Å²) < 4.78 is 39.2. The normalized spacial score (nSPS) is 32.8. The molecule has 7 heteroatoms. The highest BCUT2D eigenvalue weighted by atomic mass is 19.1. The third-order valence-corrected chi connectivity index (χ3v) is 5.99. The van der Waals surface area contributed by atoms with Crippen molar-refractivity contribution in [3.63, 3.8) is 0 Å². The molecule has 28 heavy (non-hydrogen) atoms. The lowest BCUT2D eigenvalue weighted by Crippen LogP contribution is -2.29. The van der Waals surface area contributed by atoms with Crippen LogP contribution in [0.1, 0.15) is 64.7 Å². The van der Waals surface area contributed by atoms with E-state index in [9.17, 15) is 23.8 Å². The summed E-state index contributed by atoms with van der Waals surface area (Å²) in [6.45, 7) is 1.97. The van der Waals surface area contributed by atoms with Gasteiger partial charge in [-0.05, 0) is 44.1 Å². The van der Waals surface area contributed by atoms with Gasteiger partial charge in [-0.1, -0.05) is 19.8 Å². The SMILES string of the molecule is CCCC[C@H](F)[C@H](O)CC[C@@H]1[C@@H]2[C@H](C[C@H]1O)O/C(=C\CCCC(=O)OC)[C@@H]2F. The number of unbranched alkanes of at least 4 members (excludes halogenated alkanes) is 2. The molecular formula is C21H34F2O5. The number of carbonyl (C=O) groups is 1. The fourth-order valence-corrected chi connectivity index (χ4v) is 4.34. The minimum absolute atomic E-state index is 0.209. The number of rotatable bonds is 11. The van der Waals surface area contributed by atoms with Gasteiger partial charge >= 0.3 is 5.97 Å². The maximum absolute atomic E-state index is 14.9. The van der Waals surface area contributed by atoms with Crippen molar-refractivity contribution < 1.29 is 33.3 Å². The highest BCUT2D eigenvalue weighted by molar-refractivity contribution is 5.69. The van der Waals surface area contributed by atoms with Crippen molar-refractivity contribution in [2.75, 3.05) is 7.11 Å². The van der Waals surface area contributed by atoms with E-state index in [1.165, 1.54) is 7.11 Å². The first-order valence-corrected chi connectivity index (χ1v) is 10.5. The largest absolute Gasteiger partial charge is 0.491 e. The van der Waals surface area contributed by atoms with Crippen LogP contribution in [0.3, 0.4) is 0 Å². The first-order chi connectivity index (χ1) is 13.4. The predicted octanol–water partition coefficient (Wildman–Crippen LogP) is 3.62. The van der Waals surface area contributed by atoms with Crippen LogP contribution in [0.4, 0.5) is 8.78 Å². The van der Waals surface area contributed by atoms with Crippen LogP contribution in [0.25, 0.3) is 0 Å². The molecule has 1 heterocycles. The van der Waals surface area contributed by atoms with Crippen LogP contribution < -0.4 is 0 Å². The molecule has 1 aliphatic carbocycles. The molecule has 162 valence electrons. The lowest BCUT2D eigenvalue weighted by molar-refractivity contribution is -0.140. The summed E-state index contributed by atoms with van der Waals surface area (Å²) in [4.78, 5) is 11.1. The van der Waals surface area contributed by atoms with Gasteiger partial charge in [0.05, 0.1) is 19.3 Å². The minimum Gasteiger partial charge on any atom is -0.491 e. The van der Waals surface area contributed by atoms with Crippen molar-refractivity contribution in [1.29, 1.82) is 0 Å². The number of alkyl halides is 2. The second-order valence-corrected chi connectivity index (χ2v) is 7.98. The lowest BCUT2D eigenvalue weighted by Gasteiger charge is -2.23. The topological polar surface area (TPSA) is 76.0 Å². The number of ether oxygens (including phenoxy) is 2. The smallest absolute Gasteiger partial charge is 0.305 e. The number of aliphatic hydroxyl groups excluding tert-OH is 2. The highest BCUT2D eigenvalue weighted by Gasteiger charge is 2.53. The zero-order valence-corrected chi connectivity index (χ0v) is 16.9. The van der Waals surface area contributed by atoms with E-state index in [2.05, 4.69) is 4.74 Å². The standard InChI is InChI=1S/C21H34F2O5/c1-3-4-7-14(22)15(24)11-10-13-16(25)12-18-20(13)21(23)17(28-18)8-5-6-9-19(26)27-2/h8,13-16,18,20-21,24-25H,3-7,9-12H2,1-2H3/b17-8-/t13-,14-,15+,16+,18-,20+,21-/m0/s1. The van der Waals surface area contributed by atoms with Crippen molar-refractivity contribution in [1.82, 2.24) is 0 Å². The number of esters is 1. The molecule has 0 aromatic rings. The molecule has 7 atom stereocenters. The molecule has 0 aromatic heterocycles. The molecule has 0 amide bonds. The van der Waals surface area contributed by atoms with E-state index in [0.29, 0.717) is 32.1 Å². The number of hydrogen-bond acceptors (Lipinski definition) is 5. The fourth-order valence-electron chi connectivity index (χ4n) is 4.34. The molecule has 0 bridgehead atoms. The number of methoxy groups -OCH3 is 1. The highest BCUT2D eigenvalue weighted by Crippen LogP contribution is 2.48. The Labute approximate surface area is 166 Å². The van der Waals surface area contributed by atoms with Crippen LogP contribution in [0.15, 0.2) is 11.8 Å². The van der Waals surface area contributed by atoms with E-state index in [4.69, 9.17) is 4.74 Å². The maximum atomic E-state index is 14.9. The van der Waals surface area contributed by atoms with Crippen LogP contribution in [-0.2, 0) is 14.3 Å². The number of fused-ring (bicyclic) bond motifs is 1. The van der Waals surface area contributed by atoms with Gasteiger partial charge in [-0.2, -0.15) is 0 Å². The van der Waals surface area contributed by atoms with Crippen molar-refractivity contribution in [2.45, 2.75) is 95.4 Å². The molecule has 1 saturated carbocycles. The molecular weight excluding hydrogens is 370 g/mol. The van der Waals surface area contributed by atoms with Crippen LogP contribution in [0, 0.1) is 11.8 Å². The van der Waals surface area contributed by atoms with Gasteiger partial charge in [-0.3, -0.25) is 4.79 Å². The molecule has 1 aliphatic heterocycles. The van der Waals surface area contributed by atoms with Crippen LogP contribution in [0.2, 0.25) is 0 Å². The van der Waals surface area contributed by atoms with Crippen molar-refractivity contribution in [3.05, 3.63) is 11.8 Å². The molecule has 2 aliphatic rings. The summed E-state index contributed by atoms with van der Waals surface area (Å²) in [5.41, 5.74) is 0. The fraction of sp³-hybridized carbons (Fsp3) is 0.857. The summed E-state index contributed by atoms with van der Waals surface area (Å²) >= 11 is 0. The van der Waals surface area contributed by atoms with Crippen molar-refractivity contribution >= 4 is 5.97 Å². The second kappa shape index (κ2) is 11.1. The zero-order chi connectivity index (χ0) is 20.7. The Hall–Kier alpha value is -1.21. The summed E-state index contributed by atoms with van der Waals surface area (Å²) in [7, 11) is 1.33. The first kappa shape index (κ1) is 23.1. The van der Waals surface area contributed by atoms with Gasteiger partial charge in [-0.15, -0.1) is 0 Å². The summed E-state index contributed by atoms with van der Waals surface area (Å²) in [6, 6.07) is 0. The van der Waals surface area contributed by atoms with Crippen LogP contribution in [0.5, 0.6) is 0 Å². The van der Waals surface area contributed by atoms with Gasteiger partial charge in [0.15, 0.2) is 6.17 Å². The van der Waals surface area contributed by atoms with E-state index in [0.717, 1.165) is 12.8 Å². The summed E-state index contributed by atoms with van der Waals surface area (Å²) in [5.74, 6) is -0.855. The average molecular weight is 404 g/mol. The number of halogens is 2. The van der Waals surface area contributed by atoms with E-state index >= 15 is 0 Å². The number of aliphatic hydroxyl groups is 2. The van der Waals surface area contributed by atoms with Crippen LogP contribution >= 0.6 is 0 Å². The van der Waals surface area contributed by atoms with E-state index in [1.54, 1.807) is 6.08 Å². The Morgan fingerprint density at radius 2 is 2.14 bits per heavy atom. The third-order valence-electron chi connectivity index (χ3n) is 5.99. The Morgan fingerprint density at radius 1 is 1.39 bits per heavy atom. The Bertz CT molecular complexity index is 527. The molecule has 0 radical (unpaired) electrons. The predicted molar refractivity (Wildman–Crippen MR) is 101 cm³/mol. The number of carbonyl (C=O) groups excluding carboxylic acids is 1. The molecule has 0 spiro atoms. The number of allylic oxidation sites excluding steroid dienone is 2. The third kappa shape index (κ3) is 5.89. The molecule has 2 rings (SSSR count). The van der Waals surface area contributed by atoms with Crippen molar-refractivity contribution in [2.24, 2.45) is 11.8 Å². The lowest BCUT2D eigenvalue weighted by atomic mass is 9.85. The first-order valence-electron chi connectivity index (χ1n) is 10.5. The Morgan fingerprint density at radius 3 is 2.82 bits per heavy atom. The molecule has 2 N–H and O–H groups in total. The van der Waals surface area contributed by atoms with Gasteiger partial charge < -0.3 is 19.7 Å². The van der Waals surface area contributed by atoms with E-state index < -0.39 is 30.5 Å². The zero-order valence-electron chi connectivity index (χ0n) is 16.9. The van der Waals surface area contributed by atoms with Gasteiger partial charge in [-0.25, -0.2) is 8.78 Å². The summed E-state index contributed by atoms with van der Waals surface area (Å²) in [5, 5.41) is 20.3. The number of hydrogen-bond donors (Lipinski definition) is 2. The summed E-state index contributed by atoms with van der Waals surface area (Å²) in [6.07, 6.45) is 1.09. The average Bonchev–Trinajstić information content (AvgIpc) is 3.15. The van der Waals surface area contributed by atoms with Gasteiger partial charge in [0.2, 0.25) is 0 Å². The van der Waals surface area contributed by atoms with Gasteiger partial charge in [0, 0.05) is 18.8 Å². The molecule has 0 aromatic carbocycles. The minimum atomic E-state index is -1.32. The van der Waals surface area contributed by atoms with E-state index in [-0.39, 0.29) is 36.6 Å². The van der Waals surface area contributed by atoms with Gasteiger partial charge in [0.25, 0.3) is 0 Å².